The van der Waals surface area contributed by atoms with Crippen molar-refractivity contribution in [3.8, 4) is 0 Å². The van der Waals surface area contributed by atoms with Gasteiger partial charge < -0.3 is 0 Å². The highest BCUT2D eigenvalue weighted by molar-refractivity contribution is 6.65. The first-order chi connectivity index (χ1) is 5.07. The fourth-order valence-corrected chi connectivity index (χ4v) is 1.32. The number of hydrogen-bond donors (Lipinski definition) is 0. The zero-order chi connectivity index (χ0) is 8.48. The van der Waals surface area contributed by atoms with Crippen LogP contribution in [0, 0.1) is 5.41 Å². The number of rotatable bonds is 1. The molecule has 0 radical (unpaired) electrons. The summed E-state index contributed by atoms with van der Waals surface area (Å²) in [5, 5.41) is -0.304. The van der Waals surface area contributed by atoms with Crippen LogP contribution in [0.1, 0.15) is 20.3 Å². The van der Waals surface area contributed by atoms with Crippen LogP contribution in [-0.2, 0) is 4.79 Å². The highest BCUT2D eigenvalue weighted by Gasteiger charge is 2.31. The molecule has 0 bridgehead atoms. The van der Waals surface area contributed by atoms with Crippen LogP contribution in [0.25, 0.3) is 0 Å². The molecular weight excluding hydrogens is 160 g/mol. The van der Waals surface area contributed by atoms with E-state index in [2.05, 4.69) is 0 Å². The minimum atomic E-state index is -0.556. The predicted molar refractivity (Wildman–Crippen MR) is 46.5 cm³/mol. The molecule has 0 saturated heterocycles. The number of carbonyl (C=O) groups is 1. The molecular formula is C9H11ClO. The van der Waals surface area contributed by atoms with E-state index in [1.807, 2.05) is 32.1 Å². The Morgan fingerprint density at radius 1 is 1.73 bits per heavy atom. The van der Waals surface area contributed by atoms with Crippen molar-refractivity contribution in [2.24, 2.45) is 5.41 Å². The molecule has 0 heterocycles. The van der Waals surface area contributed by atoms with Crippen LogP contribution in [0.3, 0.4) is 0 Å². The van der Waals surface area contributed by atoms with Gasteiger partial charge in [0.1, 0.15) is 0 Å². The van der Waals surface area contributed by atoms with E-state index in [9.17, 15) is 4.79 Å². The minimum absolute atomic E-state index is 0.304. The predicted octanol–water partition coefficient (Wildman–Crippen LogP) is 2.66. The van der Waals surface area contributed by atoms with Gasteiger partial charge >= 0.3 is 0 Å². The van der Waals surface area contributed by atoms with Crippen molar-refractivity contribution in [3.05, 3.63) is 23.8 Å². The van der Waals surface area contributed by atoms with Gasteiger partial charge in [0, 0.05) is 0 Å². The van der Waals surface area contributed by atoms with E-state index in [1.165, 1.54) is 0 Å². The normalized spacial score (nSPS) is 29.9. The van der Waals surface area contributed by atoms with Crippen molar-refractivity contribution >= 4 is 16.8 Å². The Labute approximate surface area is 71.7 Å². The lowest BCUT2D eigenvalue weighted by Gasteiger charge is -2.24. The first kappa shape index (κ1) is 8.54. The summed E-state index contributed by atoms with van der Waals surface area (Å²) >= 11 is 5.46. The monoisotopic (exact) mass is 170 g/mol. The summed E-state index contributed by atoms with van der Waals surface area (Å²) in [5.41, 5.74) is 0.486. The molecule has 0 N–H and O–H groups in total. The molecule has 11 heavy (non-hydrogen) atoms. The van der Waals surface area contributed by atoms with E-state index in [4.69, 9.17) is 11.6 Å². The van der Waals surface area contributed by atoms with Gasteiger partial charge in [-0.1, -0.05) is 23.8 Å². The molecule has 0 unspecified atom stereocenters. The second-order valence-electron chi connectivity index (χ2n) is 3.00. The van der Waals surface area contributed by atoms with E-state index in [-0.39, 0.29) is 5.24 Å². The molecule has 1 atom stereocenters. The van der Waals surface area contributed by atoms with E-state index in [1.54, 1.807) is 0 Å². The second kappa shape index (κ2) is 2.82. The zero-order valence-corrected chi connectivity index (χ0v) is 7.48. The van der Waals surface area contributed by atoms with Gasteiger partial charge in [0.2, 0.25) is 5.24 Å². The topological polar surface area (TPSA) is 17.1 Å². The first-order valence-electron chi connectivity index (χ1n) is 3.62. The van der Waals surface area contributed by atoms with Gasteiger partial charge in [-0.05, 0) is 31.9 Å². The Morgan fingerprint density at radius 3 is 2.73 bits per heavy atom. The Kier molecular flexibility index (Phi) is 2.19. The molecule has 0 aromatic carbocycles. The first-order valence-corrected chi connectivity index (χ1v) is 4.00. The van der Waals surface area contributed by atoms with Crippen molar-refractivity contribution < 1.29 is 4.79 Å². The number of hydrogen-bond acceptors (Lipinski definition) is 1. The maximum absolute atomic E-state index is 11.0. The SMILES string of the molecule is CC1=CCC=C[C@@]1(C)C(=O)Cl. The fourth-order valence-electron chi connectivity index (χ4n) is 1.11. The van der Waals surface area contributed by atoms with Crippen LogP contribution in [0.2, 0.25) is 0 Å². The summed E-state index contributed by atoms with van der Waals surface area (Å²) in [6, 6.07) is 0. The summed E-state index contributed by atoms with van der Waals surface area (Å²) < 4.78 is 0. The standard InChI is InChI=1S/C9H11ClO/c1-7-5-3-4-6-9(7,2)8(10)11/h4-6H,3H2,1-2H3/t9-/m1/s1. The van der Waals surface area contributed by atoms with Gasteiger partial charge in [0.25, 0.3) is 0 Å². The average molecular weight is 171 g/mol. The van der Waals surface area contributed by atoms with Gasteiger partial charge in [0.15, 0.2) is 0 Å². The highest BCUT2D eigenvalue weighted by atomic mass is 35.5. The molecule has 0 fully saturated rings. The Morgan fingerprint density at radius 2 is 2.36 bits per heavy atom. The molecule has 1 aliphatic carbocycles. The summed E-state index contributed by atoms with van der Waals surface area (Å²) in [5.74, 6) is 0. The average Bonchev–Trinajstić information content (AvgIpc) is 1.95. The van der Waals surface area contributed by atoms with Crippen LogP contribution in [0.4, 0.5) is 0 Å². The largest absolute Gasteiger partial charge is 0.280 e. The van der Waals surface area contributed by atoms with Crippen molar-refractivity contribution in [2.45, 2.75) is 20.3 Å². The molecule has 60 valence electrons. The molecule has 0 aromatic heterocycles. The lowest BCUT2D eigenvalue weighted by Crippen LogP contribution is -2.23. The zero-order valence-electron chi connectivity index (χ0n) is 6.73. The summed E-state index contributed by atoms with van der Waals surface area (Å²) in [6.45, 7) is 3.77. The minimum Gasteiger partial charge on any atom is -0.280 e. The third-order valence-corrected chi connectivity index (χ3v) is 2.63. The van der Waals surface area contributed by atoms with Crippen LogP contribution in [-0.4, -0.2) is 5.24 Å². The molecule has 0 aliphatic heterocycles. The molecule has 0 amide bonds. The maximum Gasteiger partial charge on any atom is 0.235 e. The summed E-state index contributed by atoms with van der Waals surface area (Å²) in [4.78, 5) is 11.0. The summed E-state index contributed by atoms with van der Waals surface area (Å²) in [7, 11) is 0. The third kappa shape index (κ3) is 1.38. The van der Waals surface area contributed by atoms with Crippen molar-refractivity contribution in [1.29, 1.82) is 0 Å². The molecule has 0 aromatic rings. The molecule has 0 spiro atoms. The second-order valence-corrected chi connectivity index (χ2v) is 3.34. The fraction of sp³-hybridized carbons (Fsp3) is 0.444. The van der Waals surface area contributed by atoms with Crippen molar-refractivity contribution in [3.63, 3.8) is 0 Å². The smallest absolute Gasteiger partial charge is 0.235 e. The molecule has 1 nitrogen and oxygen atoms in total. The van der Waals surface area contributed by atoms with Crippen LogP contribution in [0.5, 0.6) is 0 Å². The van der Waals surface area contributed by atoms with Crippen molar-refractivity contribution in [2.75, 3.05) is 0 Å². The summed E-state index contributed by atoms with van der Waals surface area (Å²) in [6.07, 6.45) is 6.77. The Bertz CT molecular complexity index is 240. The lowest BCUT2D eigenvalue weighted by atomic mass is 9.80. The highest BCUT2D eigenvalue weighted by Crippen LogP contribution is 2.34. The maximum atomic E-state index is 11.0. The number of halogens is 1. The third-order valence-electron chi connectivity index (χ3n) is 2.24. The van der Waals surface area contributed by atoms with E-state index >= 15 is 0 Å². The quantitative estimate of drug-likeness (QED) is 0.437. The van der Waals surface area contributed by atoms with E-state index in [0.29, 0.717) is 0 Å². The molecule has 1 aliphatic rings. The van der Waals surface area contributed by atoms with Gasteiger partial charge in [-0.2, -0.15) is 0 Å². The molecule has 2 heteroatoms. The van der Waals surface area contributed by atoms with E-state index in [0.717, 1.165) is 12.0 Å². The molecule has 0 saturated carbocycles. The van der Waals surface area contributed by atoms with Crippen LogP contribution in [0.15, 0.2) is 23.8 Å². The number of carbonyl (C=O) groups excluding carboxylic acids is 1. The Hall–Kier alpha value is -0.560. The Balaban J connectivity index is 3.00. The van der Waals surface area contributed by atoms with Gasteiger partial charge in [-0.3, -0.25) is 4.79 Å². The van der Waals surface area contributed by atoms with E-state index < -0.39 is 5.41 Å². The van der Waals surface area contributed by atoms with Gasteiger partial charge in [0.05, 0.1) is 5.41 Å². The molecule has 1 rings (SSSR count). The van der Waals surface area contributed by atoms with Gasteiger partial charge in [-0.25, -0.2) is 0 Å². The van der Waals surface area contributed by atoms with Gasteiger partial charge in [-0.15, -0.1) is 0 Å². The van der Waals surface area contributed by atoms with Crippen LogP contribution < -0.4 is 0 Å². The van der Waals surface area contributed by atoms with Crippen LogP contribution >= 0.6 is 11.6 Å². The van der Waals surface area contributed by atoms with Crippen molar-refractivity contribution in [1.82, 2.24) is 0 Å². The number of allylic oxidation sites excluding steroid dienone is 4. The lowest BCUT2D eigenvalue weighted by molar-refractivity contribution is -0.116.